The Hall–Kier alpha value is -0.330. The fourth-order valence-corrected chi connectivity index (χ4v) is 2.32. The number of aliphatic hydroxyl groups excluding tert-OH is 1. The lowest BCUT2D eigenvalue weighted by Gasteiger charge is -1.99. The van der Waals surface area contributed by atoms with E-state index in [2.05, 4.69) is 14.9 Å². The third-order valence-corrected chi connectivity index (χ3v) is 3.31. The molecule has 0 unspecified atom stereocenters. The topological polar surface area (TPSA) is 58.0 Å². The molecule has 0 aliphatic heterocycles. The second kappa shape index (κ2) is 6.17. The van der Waals surface area contributed by atoms with Gasteiger partial charge in [-0.3, -0.25) is 0 Å². The lowest BCUT2D eigenvalue weighted by atomic mass is 10.5. The minimum absolute atomic E-state index is 0.265. The first kappa shape index (κ1) is 10.7. The van der Waals surface area contributed by atoms with E-state index in [0.717, 1.165) is 28.6 Å². The Kier molecular flexibility index (Phi) is 5.10. The number of anilines is 1. The maximum atomic E-state index is 8.57. The van der Waals surface area contributed by atoms with Crippen molar-refractivity contribution < 1.29 is 5.11 Å². The summed E-state index contributed by atoms with van der Waals surface area (Å²) in [6, 6.07) is 0. The molecule has 0 atom stereocenters. The van der Waals surface area contributed by atoms with Crippen molar-refractivity contribution >= 4 is 28.3 Å². The number of rotatable bonds is 6. The van der Waals surface area contributed by atoms with Gasteiger partial charge >= 0.3 is 0 Å². The van der Waals surface area contributed by atoms with E-state index in [1.807, 2.05) is 7.05 Å². The van der Waals surface area contributed by atoms with Gasteiger partial charge in [0.05, 0.1) is 0 Å². The summed E-state index contributed by atoms with van der Waals surface area (Å²) in [6.45, 7) is 0.265. The van der Waals surface area contributed by atoms with Crippen molar-refractivity contribution in [2.45, 2.75) is 12.2 Å². The van der Waals surface area contributed by atoms with Crippen LogP contribution in [0.3, 0.4) is 0 Å². The van der Waals surface area contributed by atoms with E-state index in [1.165, 1.54) is 11.5 Å². The van der Waals surface area contributed by atoms with Gasteiger partial charge in [0.25, 0.3) is 0 Å². The highest BCUT2D eigenvalue weighted by atomic mass is 32.2. The number of aromatic nitrogens is 2. The van der Waals surface area contributed by atoms with Crippen molar-refractivity contribution in [3.63, 3.8) is 0 Å². The summed E-state index contributed by atoms with van der Waals surface area (Å²) < 4.78 is 3.86. The summed E-state index contributed by atoms with van der Waals surface area (Å²) in [5.74, 6) is 1.84. The number of nitrogens with one attached hydrogen (secondary N) is 1. The van der Waals surface area contributed by atoms with Gasteiger partial charge in [0, 0.05) is 30.9 Å². The van der Waals surface area contributed by atoms with Gasteiger partial charge in [-0.25, -0.2) is 0 Å². The van der Waals surface area contributed by atoms with Crippen LogP contribution in [0.5, 0.6) is 0 Å². The maximum Gasteiger partial charge on any atom is 0.133 e. The van der Waals surface area contributed by atoms with Crippen LogP contribution in [0.15, 0.2) is 0 Å². The SMILES string of the molecule is CNc1snnc1CSCCCO. The molecule has 0 radical (unpaired) electrons. The van der Waals surface area contributed by atoms with Crippen LogP contribution in [0.25, 0.3) is 0 Å². The molecule has 13 heavy (non-hydrogen) atoms. The summed E-state index contributed by atoms with van der Waals surface area (Å²) in [4.78, 5) is 0. The third kappa shape index (κ3) is 3.50. The van der Waals surface area contributed by atoms with Gasteiger partial charge in [-0.05, 0) is 12.2 Å². The van der Waals surface area contributed by atoms with E-state index in [9.17, 15) is 0 Å². The lowest BCUT2D eigenvalue weighted by molar-refractivity contribution is 0.296. The molecule has 0 saturated heterocycles. The van der Waals surface area contributed by atoms with Gasteiger partial charge in [0.2, 0.25) is 0 Å². The standard InChI is InChI=1S/C7H13N3OS2/c1-8-7-6(9-10-13-7)5-12-4-2-3-11/h8,11H,2-5H2,1H3. The van der Waals surface area contributed by atoms with Crippen LogP contribution >= 0.6 is 23.3 Å². The summed E-state index contributed by atoms with van der Waals surface area (Å²) in [7, 11) is 1.87. The fourth-order valence-electron chi connectivity index (χ4n) is 0.828. The number of aliphatic hydroxyl groups is 1. The van der Waals surface area contributed by atoms with Crippen molar-refractivity contribution in [3.05, 3.63) is 5.69 Å². The highest BCUT2D eigenvalue weighted by Crippen LogP contribution is 2.21. The van der Waals surface area contributed by atoms with E-state index in [-0.39, 0.29) is 6.61 Å². The van der Waals surface area contributed by atoms with E-state index in [4.69, 9.17) is 5.11 Å². The molecule has 0 aliphatic carbocycles. The summed E-state index contributed by atoms with van der Waals surface area (Å²) in [6.07, 6.45) is 0.844. The quantitative estimate of drug-likeness (QED) is 0.704. The van der Waals surface area contributed by atoms with Crippen molar-refractivity contribution in [2.75, 3.05) is 24.7 Å². The molecule has 4 nitrogen and oxygen atoms in total. The number of hydrogen-bond acceptors (Lipinski definition) is 6. The first-order valence-corrected chi connectivity index (χ1v) is 5.99. The van der Waals surface area contributed by atoms with Gasteiger partial charge in [0.1, 0.15) is 10.7 Å². The first-order chi connectivity index (χ1) is 6.38. The van der Waals surface area contributed by atoms with Crippen LogP contribution in [-0.4, -0.2) is 34.1 Å². The average molecular weight is 219 g/mol. The number of thioether (sulfide) groups is 1. The molecule has 0 bridgehead atoms. The van der Waals surface area contributed by atoms with E-state index < -0.39 is 0 Å². The van der Waals surface area contributed by atoms with Gasteiger partial charge < -0.3 is 10.4 Å². The Morgan fingerprint density at radius 2 is 2.46 bits per heavy atom. The monoisotopic (exact) mass is 219 g/mol. The van der Waals surface area contributed by atoms with Crippen LogP contribution in [0.1, 0.15) is 12.1 Å². The predicted octanol–water partition coefficient (Wildman–Crippen LogP) is 1.20. The Morgan fingerprint density at radius 1 is 1.62 bits per heavy atom. The zero-order valence-electron chi connectivity index (χ0n) is 7.49. The number of hydrogen-bond donors (Lipinski definition) is 2. The Balaban J connectivity index is 2.27. The maximum absolute atomic E-state index is 8.57. The first-order valence-electron chi connectivity index (χ1n) is 4.06. The molecule has 0 aliphatic rings. The fraction of sp³-hybridized carbons (Fsp3) is 0.714. The third-order valence-electron chi connectivity index (χ3n) is 1.47. The molecule has 1 heterocycles. The minimum Gasteiger partial charge on any atom is -0.396 e. The number of nitrogens with zero attached hydrogens (tertiary/aromatic N) is 2. The summed E-state index contributed by atoms with van der Waals surface area (Å²) >= 11 is 3.15. The molecule has 74 valence electrons. The van der Waals surface area contributed by atoms with Crippen molar-refractivity contribution in [1.29, 1.82) is 0 Å². The predicted molar refractivity (Wildman–Crippen MR) is 57.3 cm³/mol. The highest BCUT2D eigenvalue weighted by molar-refractivity contribution is 7.98. The molecule has 2 N–H and O–H groups in total. The second-order valence-corrected chi connectivity index (χ2v) is 4.29. The highest BCUT2D eigenvalue weighted by Gasteiger charge is 2.04. The molecular weight excluding hydrogens is 206 g/mol. The molecule has 0 saturated carbocycles. The molecule has 0 amide bonds. The minimum atomic E-state index is 0.265. The smallest absolute Gasteiger partial charge is 0.133 e. The molecule has 6 heteroatoms. The lowest BCUT2D eigenvalue weighted by Crippen LogP contribution is -1.92. The van der Waals surface area contributed by atoms with Crippen molar-refractivity contribution in [1.82, 2.24) is 9.59 Å². The Bertz CT molecular complexity index is 241. The molecule has 1 rings (SSSR count). The van der Waals surface area contributed by atoms with Crippen LogP contribution in [-0.2, 0) is 5.75 Å². The molecule has 0 aromatic carbocycles. The Morgan fingerprint density at radius 3 is 3.15 bits per heavy atom. The van der Waals surface area contributed by atoms with Crippen molar-refractivity contribution in [2.24, 2.45) is 0 Å². The van der Waals surface area contributed by atoms with Gasteiger partial charge in [-0.15, -0.1) is 5.10 Å². The average Bonchev–Trinajstić information content (AvgIpc) is 2.60. The van der Waals surface area contributed by atoms with E-state index in [0.29, 0.717) is 0 Å². The van der Waals surface area contributed by atoms with Gasteiger partial charge in [-0.2, -0.15) is 11.8 Å². The van der Waals surface area contributed by atoms with Crippen LogP contribution in [0, 0.1) is 0 Å². The van der Waals surface area contributed by atoms with Gasteiger partial charge in [-0.1, -0.05) is 4.49 Å². The molecular formula is C7H13N3OS2. The van der Waals surface area contributed by atoms with Crippen molar-refractivity contribution in [3.8, 4) is 0 Å². The zero-order valence-corrected chi connectivity index (χ0v) is 9.12. The largest absolute Gasteiger partial charge is 0.396 e. The summed E-state index contributed by atoms with van der Waals surface area (Å²) in [5.41, 5.74) is 1.01. The van der Waals surface area contributed by atoms with Crippen LogP contribution in [0.4, 0.5) is 5.00 Å². The second-order valence-electron chi connectivity index (χ2n) is 2.43. The van der Waals surface area contributed by atoms with E-state index in [1.54, 1.807) is 11.8 Å². The van der Waals surface area contributed by atoms with Gasteiger partial charge in [0.15, 0.2) is 0 Å². The molecule has 0 fully saturated rings. The zero-order chi connectivity index (χ0) is 9.52. The normalized spacial score (nSPS) is 10.3. The van der Waals surface area contributed by atoms with Crippen LogP contribution in [0.2, 0.25) is 0 Å². The van der Waals surface area contributed by atoms with E-state index >= 15 is 0 Å². The van der Waals surface area contributed by atoms with Crippen LogP contribution < -0.4 is 5.32 Å². The molecule has 1 aromatic heterocycles. The molecule has 1 aromatic rings. The summed E-state index contributed by atoms with van der Waals surface area (Å²) in [5, 5.41) is 16.7. The Labute approximate surface area is 85.9 Å². The molecule has 0 spiro atoms.